The molecule has 1 aliphatic heterocycles. The first-order valence-corrected chi connectivity index (χ1v) is 4.69. The summed E-state index contributed by atoms with van der Waals surface area (Å²) >= 11 is 0. The lowest BCUT2D eigenvalue weighted by atomic mass is 9.86. The Morgan fingerprint density at radius 1 is 1.50 bits per heavy atom. The van der Waals surface area contributed by atoms with Gasteiger partial charge in [-0.05, 0) is 17.7 Å². The lowest BCUT2D eigenvalue weighted by Gasteiger charge is -2.15. The van der Waals surface area contributed by atoms with Crippen LogP contribution in [0.3, 0.4) is 0 Å². The molecule has 1 aromatic rings. The number of hydrogen-bond acceptors (Lipinski definition) is 3. The SMILES string of the molecule is CC1(C)COc2ccc(CN=O)cc21. The topological polar surface area (TPSA) is 38.7 Å². The molecular weight excluding hydrogens is 178 g/mol. The van der Waals surface area contributed by atoms with E-state index in [1.54, 1.807) is 0 Å². The Hall–Kier alpha value is -1.38. The van der Waals surface area contributed by atoms with Gasteiger partial charge in [0.1, 0.15) is 12.3 Å². The van der Waals surface area contributed by atoms with E-state index in [2.05, 4.69) is 19.0 Å². The Balaban J connectivity index is 2.42. The molecule has 0 aliphatic carbocycles. The summed E-state index contributed by atoms with van der Waals surface area (Å²) in [5, 5.41) is 2.89. The Morgan fingerprint density at radius 2 is 2.29 bits per heavy atom. The number of ether oxygens (including phenoxy) is 1. The van der Waals surface area contributed by atoms with E-state index in [1.165, 1.54) is 5.56 Å². The van der Waals surface area contributed by atoms with E-state index in [9.17, 15) is 4.91 Å². The van der Waals surface area contributed by atoms with Crippen LogP contribution >= 0.6 is 0 Å². The predicted molar refractivity (Wildman–Crippen MR) is 54.5 cm³/mol. The van der Waals surface area contributed by atoms with Crippen molar-refractivity contribution < 1.29 is 4.74 Å². The quantitative estimate of drug-likeness (QED) is 0.674. The molecule has 1 aromatic carbocycles. The molecule has 74 valence electrons. The molecule has 0 unspecified atom stereocenters. The minimum Gasteiger partial charge on any atom is -0.492 e. The van der Waals surface area contributed by atoms with Gasteiger partial charge < -0.3 is 4.74 Å². The van der Waals surface area contributed by atoms with E-state index >= 15 is 0 Å². The van der Waals surface area contributed by atoms with Gasteiger partial charge in [-0.15, -0.1) is 0 Å². The third-order valence-corrected chi connectivity index (χ3v) is 2.61. The fourth-order valence-electron chi connectivity index (χ4n) is 1.74. The predicted octanol–water partition coefficient (Wildman–Crippen LogP) is 2.62. The van der Waals surface area contributed by atoms with Crippen molar-refractivity contribution in [3.63, 3.8) is 0 Å². The maximum atomic E-state index is 10.2. The van der Waals surface area contributed by atoms with Crippen molar-refractivity contribution in [2.75, 3.05) is 6.61 Å². The summed E-state index contributed by atoms with van der Waals surface area (Å²) < 4.78 is 5.54. The van der Waals surface area contributed by atoms with E-state index in [4.69, 9.17) is 4.74 Å². The van der Waals surface area contributed by atoms with Crippen molar-refractivity contribution in [3.8, 4) is 5.75 Å². The van der Waals surface area contributed by atoms with Gasteiger partial charge in [0.2, 0.25) is 0 Å². The number of nitrogens with zero attached hydrogens (tertiary/aromatic N) is 1. The first kappa shape index (κ1) is 9.19. The minimum atomic E-state index is 0.0498. The van der Waals surface area contributed by atoms with Crippen LogP contribution in [0.5, 0.6) is 5.75 Å². The summed E-state index contributed by atoms with van der Waals surface area (Å²) in [6.45, 7) is 5.22. The van der Waals surface area contributed by atoms with Gasteiger partial charge >= 0.3 is 0 Å². The van der Waals surface area contributed by atoms with Crippen LogP contribution in [0, 0.1) is 4.91 Å². The van der Waals surface area contributed by atoms with Crippen LogP contribution < -0.4 is 4.74 Å². The standard InChI is InChI=1S/C11H13NO2/c1-11(2)7-14-10-4-3-8(6-12-13)5-9(10)11/h3-5H,6-7H2,1-2H3. The highest BCUT2D eigenvalue weighted by Crippen LogP contribution is 2.38. The number of fused-ring (bicyclic) bond motifs is 1. The molecule has 0 saturated heterocycles. The first-order chi connectivity index (χ1) is 6.63. The second-order valence-corrected chi connectivity index (χ2v) is 4.29. The Morgan fingerprint density at radius 3 is 3.00 bits per heavy atom. The molecule has 0 amide bonds. The van der Waals surface area contributed by atoms with Crippen molar-refractivity contribution >= 4 is 0 Å². The Kier molecular flexibility index (Phi) is 2.02. The summed E-state index contributed by atoms with van der Waals surface area (Å²) in [5.74, 6) is 0.935. The fraction of sp³-hybridized carbons (Fsp3) is 0.455. The highest BCUT2D eigenvalue weighted by molar-refractivity contribution is 5.45. The maximum Gasteiger partial charge on any atom is 0.123 e. The summed E-state index contributed by atoms with van der Waals surface area (Å²) in [6, 6.07) is 5.83. The van der Waals surface area contributed by atoms with E-state index < -0.39 is 0 Å². The van der Waals surface area contributed by atoms with Crippen LogP contribution in [0.1, 0.15) is 25.0 Å². The second-order valence-electron chi connectivity index (χ2n) is 4.29. The van der Waals surface area contributed by atoms with E-state index in [-0.39, 0.29) is 12.0 Å². The molecule has 3 nitrogen and oxygen atoms in total. The van der Waals surface area contributed by atoms with Crippen molar-refractivity contribution in [1.82, 2.24) is 0 Å². The molecule has 0 N–H and O–H groups in total. The third-order valence-electron chi connectivity index (χ3n) is 2.61. The average Bonchev–Trinajstić information content (AvgIpc) is 2.44. The molecule has 0 radical (unpaired) electrons. The molecule has 3 heteroatoms. The van der Waals surface area contributed by atoms with Crippen molar-refractivity contribution in [1.29, 1.82) is 0 Å². The number of rotatable bonds is 2. The summed E-state index contributed by atoms with van der Waals surface area (Å²) in [7, 11) is 0. The van der Waals surface area contributed by atoms with Gasteiger partial charge in [-0.1, -0.05) is 25.1 Å². The summed E-state index contributed by atoms with van der Waals surface area (Å²) in [6.07, 6.45) is 0. The Bertz CT molecular complexity index is 372. The molecule has 0 aromatic heterocycles. The highest BCUT2D eigenvalue weighted by atomic mass is 16.5. The van der Waals surface area contributed by atoms with Crippen LogP contribution in [-0.4, -0.2) is 6.61 Å². The maximum absolute atomic E-state index is 10.2. The van der Waals surface area contributed by atoms with Crippen molar-refractivity contribution in [2.24, 2.45) is 5.18 Å². The normalized spacial score (nSPS) is 17.3. The average molecular weight is 191 g/mol. The zero-order valence-electron chi connectivity index (χ0n) is 8.41. The molecule has 0 atom stereocenters. The Labute approximate surface area is 83.1 Å². The van der Waals surface area contributed by atoms with Crippen LogP contribution in [0.2, 0.25) is 0 Å². The zero-order valence-corrected chi connectivity index (χ0v) is 8.41. The van der Waals surface area contributed by atoms with Crippen LogP contribution in [0.4, 0.5) is 0 Å². The van der Waals surface area contributed by atoms with E-state index in [0.29, 0.717) is 6.61 Å². The molecule has 0 spiro atoms. The summed E-state index contributed by atoms with van der Waals surface area (Å²) in [5.41, 5.74) is 2.18. The number of benzene rings is 1. The van der Waals surface area contributed by atoms with Gasteiger partial charge in [-0.3, -0.25) is 0 Å². The summed E-state index contributed by atoms with van der Waals surface area (Å²) in [4.78, 5) is 10.2. The molecular formula is C11H13NO2. The zero-order chi connectivity index (χ0) is 10.2. The van der Waals surface area contributed by atoms with Crippen LogP contribution in [-0.2, 0) is 12.0 Å². The van der Waals surface area contributed by atoms with Crippen LogP contribution in [0.25, 0.3) is 0 Å². The first-order valence-electron chi connectivity index (χ1n) is 4.69. The molecule has 14 heavy (non-hydrogen) atoms. The van der Waals surface area contributed by atoms with E-state index in [0.717, 1.165) is 11.3 Å². The third kappa shape index (κ3) is 1.39. The van der Waals surface area contributed by atoms with Gasteiger partial charge in [0, 0.05) is 11.0 Å². The van der Waals surface area contributed by atoms with Gasteiger partial charge in [-0.2, -0.15) is 4.91 Å². The van der Waals surface area contributed by atoms with Gasteiger partial charge in [0.25, 0.3) is 0 Å². The lowest BCUT2D eigenvalue weighted by Crippen LogP contribution is -2.18. The number of nitroso groups, excluding NO2 is 1. The van der Waals surface area contributed by atoms with E-state index in [1.807, 2.05) is 18.2 Å². The van der Waals surface area contributed by atoms with Gasteiger partial charge in [0.05, 0.1) is 6.61 Å². The monoisotopic (exact) mass is 191 g/mol. The molecule has 1 aliphatic rings. The molecule has 0 fully saturated rings. The smallest absolute Gasteiger partial charge is 0.123 e. The van der Waals surface area contributed by atoms with Gasteiger partial charge in [0.15, 0.2) is 0 Å². The van der Waals surface area contributed by atoms with Crippen molar-refractivity contribution in [2.45, 2.75) is 25.8 Å². The lowest BCUT2D eigenvalue weighted by molar-refractivity contribution is 0.291. The molecule has 1 heterocycles. The van der Waals surface area contributed by atoms with Crippen LogP contribution in [0.15, 0.2) is 23.4 Å². The van der Waals surface area contributed by atoms with Crippen molar-refractivity contribution in [3.05, 3.63) is 34.2 Å². The molecule has 0 bridgehead atoms. The highest BCUT2D eigenvalue weighted by Gasteiger charge is 2.31. The second kappa shape index (κ2) is 3.08. The minimum absolute atomic E-state index is 0.0498. The molecule has 2 rings (SSSR count). The number of hydrogen-bond donors (Lipinski definition) is 0. The fourth-order valence-corrected chi connectivity index (χ4v) is 1.74. The largest absolute Gasteiger partial charge is 0.492 e. The van der Waals surface area contributed by atoms with Gasteiger partial charge in [-0.25, -0.2) is 0 Å². The molecule has 0 saturated carbocycles.